The number of carbonyl (C=O) groups is 3. The van der Waals surface area contributed by atoms with Crippen molar-refractivity contribution in [1.29, 1.82) is 0 Å². The molecule has 30 heavy (non-hydrogen) atoms. The van der Waals surface area contributed by atoms with Gasteiger partial charge in [0, 0.05) is 17.5 Å². The number of hydrogen-bond donors (Lipinski definition) is 1. The average molecular weight is 407 g/mol. The molecule has 0 bridgehead atoms. The first-order valence-electron chi connectivity index (χ1n) is 9.85. The van der Waals surface area contributed by atoms with Gasteiger partial charge in [-0.05, 0) is 13.8 Å². The monoisotopic (exact) mass is 407 g/mol. The van der Waals surface area contributed by atoms with Crippen molar-refractivity contribution in [3.05, 3.63) is 83.1 Å². The third-order valence-corrected chi connectivity index (χ3v) is 4.98. The summed E-state index contributed by atoms with van der Waals surface area (Å²) in [6.07, 6.45) is 0.130. The maximum Gasteiger partial charge on any atom is 0.313 e. The number of allylic oxidation sites excluding steroid dienone is 1. The number of amides is 1. The zero-order valence-electron chi connectivity index (χ0n) is 17.1. The Bertz CT molecular complexity index is 911. The SMILES string of the molecule is CC(=O)CC(=O)OCCNC(=O)C1=C(C)OC(c2ccccc2)(c2ccccc2)C1. The van der Waals surface area contributed by atoms with E-state index in [1.54, 1.807) is 6.92 Å². The first kappa shape index (κ1) is 21.3. The predicted molar refractivity (Wildman–Crippen MR) is 111 cm³/mol. The largest absolute Gasteiger partial charge is 0.482 e. The summed E-state index contributed by atoms with van der Waals surface area (Å²) in [5, 5.41) is 2.77. The molecule has 0 aliphatic carbocycles. The van der Waals surface area contributed by atoms with Gasteiger partial charge in [0.2, 0.25) is 0 Å². The highest BCUT2D eigenvalue weighted by atomic mass is 16.5. The number of carbonyl (C=O) groups excluding carboxylic acids is 3. The Morgan fingerprint density at radius 1 is 1.00 bits per heavy atom. The van der Waals surface area contributed by atoms with Crippen LogP contribution in [0.1, 0.15) is 37.8 Å². The van der Waals surface area contributed by atoms with Crippen molar-refractivity contribution in [2.45, 2.75) is 32.3 Å². The van der Waals surface area contributed by atoms with Crippen molar-refractivity contribution in [3.8, 4) is 0 Å². The minimum absolute atomic E-state index is 0.00749. The van der Waals surface area contributed by atoms with Gasteiger partial charge in [-0.2, -0.15) is 0 Å². The summed E-state index contributed by atoms with van der Waals surface area (Å²) < 4.78 is 11.3. The van der Waals surface area contributed by atoms with E-state index in [2.05, 4.69) is 5.32 Å². The molecule has 0 spiro atoms. The molecule has 6 nitrogen and oxygen atoms in total. The second-order valence-electron chi connectivity index (χ2n) is 7.23. The van der Waals surface area contributed by atoms with Gasteiger partial charge in [0.15, 0.2) is 5.60 Å². The third kappa shape index (κ3) is 4.76. The highest BCUT2D eigenvalue weighted by molar-refractivity contribution is 5.95. The number of nitrogens with one attached hydrogen (secondary N) is 1. The van der Waals surface area contributed by atoms with Crippen LogP contribution in [-0.4, -0.2) is 30.8 Å². The smallest absolute Gasteiger partial charge is 0.313 e. The Balaban J connectivity index is 1.70. The van der Waals surface area contributed by atoms with Crippen LogP contribution in [0.5, 0.6) is 0 Å². The van der Waals surface area contributed by atoms with Crippen molar-refractivity contribution in [1.82, 2.24) is 5.32 Å². The van der Waals surface area contributed by atoms with Gasteiger partial charge < -0.3 is 14.8 Å². The van der Waals surface area contributed by atoms with Crippen molar-refractivity contribution in [3.63, 3.8) is 0 Å². The van der Waals surface area contributed by atoms with Gasteiger partial charge >= 0.3 is 5.97 Å². The summed E-state index contributed by atoms with van der Waals surface area (Å²) in [7, 11) is 0. The van der Waals surface area contributed by atoms with E-state index in [1.165, 1.54) is 6.92 Å². The van der Waals surface area contributed by atoms with Crippen LogP contribution in [0.2, 0.25) is 0 Å². The summed E-state index contributed by atoms with van der Waals surface area (Å²) in [4.78, 5) is 35.1. The topological polar surface area (TPSA) is 81.7 Å². The summed E-state index contributed by atoms with van der Waals surface area (Å²) in [5.74, 6) is -0.549. The Morgan fingerprint density at radius 3 is 2.10 bits per heavy atom. The maximum atomic E-state index is 12.8. The highest BCUT2D eigenvalue weighted by Gasteiger charge is 2.44. The number of benzene rings is 2. The second kappa shape index (κ2) is 9.39. The van der Waals surface area contributed by atoms with Crippen LogP contribution in [0.3, 0.4) is 0 Å². The zero-order chi connectivity index (χ0) is 21.6. The van der Waals surface area contributed by atoms with Gasteiger partial charge in [-0.25, -0.2) is 0 Å². The Morgan fingerprint density at radius 2 is 1.57 bits per heavy atom. The third-order valence-electron chi connectivity index (χ3n) is 4.98. The van der Waals surface area contributed by atoms with E-state index in [1.807, 2.05) is 60.7 Å². The standard InChI is InChI=1S/C24H25NO5/c1-17(26)15-22(27)29-14-13-25-23(28)21-16-24(30-18(21)2,19-9-5-3-6-10-19)20-11-7-4-8-12-20/h3-12H,13-16H2,1-2H3,(H,25,28). The van der Waals surface area contributed by atoms with E-state index in [9.17, 15) is 14.4 Å². The second-order valence-corrected chi connectivity index (χ2v) is 7.23. The van der Waals surface area contributed by atoms with Gasteiger partial charge in [0.25, 0.3) is 5.91 Å². The summed E-state index contributed by atoms with van der Waals surface area (Å²) in [5.41, 5.74) is 1.72. The van der Waals surface area contributed by atoms with Crippen molar-refractivity contribution in [2.24, 2.45) is 0 Å². The minimum Gasteiger partial charge on any atom is -0.482 e. The van der Waals surface area contributed by atoms with E-state index in [-0.39, 0.29) is 31.3 Å². The molecular weight excluding hydrogens is 382 g/mol. The Hall–Kier alpha value is -3.41. The van der Waals surface area contributed by atoms with E-state index in [0.29, 0.717) is 17.8 Å². The van der Waals surface area contributed by atoms with Crippen molar-refractivity contribution in [2.75, 3.05) is 13.2 Å². The quantitative estimate of drug-likeness (QED) is 0.413. The fraction of sp³-hybridized carbons (Fsp3) is 0.292. The van der Waals surface area contributed by atoms with E-state index in [4.69, 9.17) is 9.47 Å². The fourth-order valence-electron chi connectivity index (χ4n) is 3.57. The molecule has 0 radical (unpaired) electrons. The van der Waals surface area contributed by atoms with Crippen LogP contribution in [0.4, 0.5) is 0 Å². The first-order valence-corrected chi connectivity index (χ1v) is 9.85. The molecule has 6 heteroatoms. The highest BCUT2D eigenvalue weighted by Crippen LogP contribution is 2.46. The first-order chi connectivity index (χ1) is 14.4. The van der Waals surface area contributed by atoms with Gasteiger partial charge in [-0.3, -0.25) is 14.4 Å². The lowest BCUT2D eigenvalue weighted by atomic mass is 9.82. The summed E-state index contributed by atoms with van der Waals surface area (Å²) >= 11 is 0. The minimum atomic E-state index is -0.771. The number of rotatable bonds is 8. The number of ether oxygens (including phenoxy) is 2. The molecular formula is C24H25NO5. The van der Waals surface area contributed by atoms with Crippen LogP contribution in [0.25, 0.3) is 0 Å². The van der Waals surface area contributed by atoms with Crippen LogP contribution in [0.15, 0.2) is 72.0 Å². The van der Waals surface area contributed by atoms with Crippen molar-refractivity contribution < 1.29 is 23.9 Å². The average Bonchev–Trinajstić information content (AvgIpc) is 3.10. The molecule has 1 aliphatic heterocycles. The van der Waals surface area contributed by atoms with Crippen LogP contribution in [0, 0.1) is 0 Å². The molecule has 1 heterocycles. The molecule has 156 valence electrons. The van der Waals surface area contributed by atoms with Gasteiger partial charge in [0.1, 0.15) is 24.6 Å². The number of hydrogen-bond acceptors (Lipinski definition) is 5. The predicted octanol–water partition coefficient (Wildman–Crippen LogP) is 3.26. The molecule has 3 rings (SSSR count). The lowest BCUT2D eigenvalue weighted by Crippen LogP contribution is -2.31. The molecule has 0 aromatic heterocycles. The fourth-order valence-corrected chi connectivity index (χ4v) is 3.57. The lowest BCUT2D eigenvalue weighted by Gasteiger charge is -2.31. The van der Waals surface area contributed by atoms with E-state index < -0.39 is 11.6 Å². The molecule has 0 unspecified atom stereocenters. The molecule has 1 aliphatic rings. The Labute approximate surface area is 175 Å². The molecule has 2 aromatic rings. The molecule has 0 saturated heterocycles. The zero-order valence-corrected chi connectivity index (χ0v) is 17.1. The molecule has 0 atom stereocenters. The lowest BCUT2D eigenvalue weighted by molar-refractivity contribution is -0.145. The van der Waals surface area contributed by atoms with E-state index in [0.717, 1.165) is 11.1 Å². The van der Waals surface area contributed by atoms with Crippen LogP contribution in [-0.2, 0) is 29.5 Å². The summed E-state index contributed by atoms with van der Waals surface area (Å²) in [6, 6.07) is 19.7. The summed E-state index contributed by atoms with van der Waals surface area (Å²) in [6.45, 7) is 3.27. The molecule has 0 fully saturated rings. The van der Waals surface area contributed by atoms with E-state index >= 15 is 0 Å². The molecule has 1 amide bonds. The van der Waals surface area contributed by atoms with Crippen molar-refractivity contribution >= 4 is 17.7 Å². The van der Waals surface area contributed by atoms with Gasteiger partial charge in [-0.15, -0.1) is 0 Å². The van der Waals surface area contributed by atoms with Crippen LogP contribution >= 0.6 is 0 Å². The maximum absolute atomic E-state index is 12.8. The molecule has 2 aromatic carbocycles. The molecule has 1 N–H and O–H groups in total. The number of Topliss-reactive ketones (excluding diaryl/α,β-unsaturated/α-hetero) is 1. The van der Waals surface area contributed by atoms with Gasteiger partial charge in [0.05, 0.1) is 12.1 Å². The Kier molecular flexibility index (Phi) is 6.67. The number of ketones is 1. The molecule has 0 saturated carbocycles. The normalized spacial score (nSPS) is 14.7. The van der Waals surface area contributed by atoms with Gasteiger partial charge in [-0.1, -0.05) is 60.7 Å². The van der Waals surface area contributed by atoms with Crippen LogP contribution < -0.4 is 5.32 Å². The number of esters is 1.